The average Bonchev–Trinajstić information content (AvgIpc) is 2.51. The number of hydrogen-bond donors (Lipinski definition) is 2. The molecule has 1 unspecified atom stereocenters. The zero-order valence-corrected chi connectivity index (χ0v) is 8.90. The number of hydrogen-bond acceptors (Lipinski definition) is 3. The van der Waals surface area contributed by atoms with Gasteiger partial charge in [-0.15, -0.1) is 0 Å². The topological polar surface area (TPSA) is 64.1 Å². The highest BCUT2D eigenvalue weighted by Crippen LogP contribution is 2.15. The van der Waals surface area contributed by atoms with Crippen LogP contribution in [-0.2, 0) is 13.0 Å². The predicted octanol–water partition coefficient (Wildman–Crippen LogP) is 0.545. The van der Waals surface area contributed by atoms with Gasteiger partial charge in [-0.3, -0.25) is 4.68 Å². The van der Waals surface area contributed by atoms with Gasteiger partial charge in [0.25, 0.3) is 0 Å². The minimum Gasteiger partial charge on any atom is -0.390 e. The molecule has 1 heterocycles. The van der Waals surface area contributed by atoms with E-state index in [1.807, 2.05) is 24.7 Å². The molecule has 1 aromatic rings. The van der Waals surface area contributed by atoms with Gasteiger partial charge < -0.3 is 10.8 Å². The highest BCUT2D eigenvalue weighted by molar-refractivity contribution is 5.07. The summed E-state index contributed by atoms with van der Waals surface area (Å²) in [5.41, 5.74) is 5.77. The molecule has 4 nitrogen and oxygen atoms in total. The molecule has 80 valence electrons. The fourth-order valence-electron chi connectivity index (χ4n) is 1.51. The van der Waals surface area contributed by atoms with E-state index in [0.29, 0.717) is 19.4 Å². The van der Waals surface area contributed by atoms with Crippen LogP contribution in [0.15, 0.2) is 12.4 Å². The van der Waals surface area contributed by atoms with Gasteiger partial charge >= 0.3 is 0 Å². The maximum Gasteiger partial charge on any atom is 0.0673 e. The van der Waals surface area contributed by atoms with Crippen LogP contribution in [0.2, 0.25) is 0 Å². The molecule has 0 aromatic carbocycles. The quantitative estimate of drug-likeness (QED) is 0.724. The molecular formula is C10H19N3O. The van der Waals surface area contributed by atoms with Crippen LogP contribution >= 0.6 is 0 Å². The largest absolute Gasteiger partial charge is 0.390 e. The van der Waals surface area contributed by atoms with Gasteiger partial charge in [-0.05, 0) is 32.4 Å². The highest BCUT2D eigenvalue weighted by atomic mass is 16.3. The molecule has 0 aliphatic carbocycles. The van der Waals surface area contributed by atoms with Crippen molar-refractivity contribution in [3.63, 3.8) is 0 Å². The molecule has 0 fully saturated rings. The number of nitrogens with two attached hydrogens (primary N) is 1. The van der Waals surface area contributed by atoms with Crippen molar-refractivity contribution in [1.82, 2.24) is 9.78 Å². The van der Waals surface area contributed by atoms with Crippen LogP contribution in [0, 0.1) is 0 Å². The smallest absolute Gasteiger partial charge is 0.0673 e. The third kappa shape index (κ3) is 3.12. The van der Waals surface area contributed by atoms with Gasteiger partial charge in [0, 0.05) is 19.2 Å². The summed E-state index contributed by atoms with van der Waals surface area (Å²) in [5, 5.41) is 14.1. The van der Waals surface area contributed by atoms with Crippen LogP contribution in [0.4, 0.5) is 0 Å². The molecule has 0 aliphatic heterocycles. The van der Waals surface area contributed by atoms with E-state index in [2.05, 4.69) is 5.10 Å². The molecule has 0 saturated carbocycles. The molecule has 0 radical (unpaired) electrons. The van der Waals surface area contributed by atoms with Gasteiger partial charge in [-0.25, -0.2) is 0 Å². The van der Waals surface area contributed by atoms with Gasteiger partial charge in [-0.2, -0.15) is 5.10 Å². The van der Waals surface area contributed by atoms with E-state index in [1.165, 1.54) is 0 Å². The molecule has 3 N–H and O–H groups in total. The van der Waals surface area contributed by atoms with E-state index < -0.39 is 5.60 Å². The van der Waals surface area contributed by atoms with Crippen LogP contribution in [-0.4, -0.2) is 27.0 Å². The number of aryl methyl sites for hydroxylation is 1. The van der Waals surface area contributed by atoms with Gasteiger partial charge in [0.1, 0.15) is 0 Å². The van der Waals surface area contributed by atoms with Gasteiger partial charge in [0.15, 0.2) is 0 Å². The van der Waals surface area contributed by atoms with E-state index in [-0.39, 0.29) is 0 Å². The average molecular weight is 197 g/mol. The minimum absolute atomic E-state index is 0.509. The summed E-state index contributed by atoms with van der Waals surface area (Å²) < 4.78 is 1.86. The summed E-state index contributed by atoms with van der Waals surface area (Å²) in [6, 6.07) is 0. The molecule has 4 heteroatoms. The second-order valence-corrected chi connectivity index (χ2v) is 3.92. The molecule has 1 atom stereocenters. The van der Waals surface area contributed by atoms with Crippen molar-refractivity contribution in [2.45, 2.75) is 38.8 Å². The number of rotatable bonds is 5. The Balaban J connectivity index is 2.58. The molecule has 0 amide bonds. The fraction of sp³-hybridized carbons (Fsp3) is 0.700. The summed E-state index contributed by atoms with van der Waals surface area (Å²) >= 11 is 0. The van der Waals surface area contributed by atoms with Crippen LogP contribution in [0.5, 0.6) is 0 Å². The maximum atomic E-state index is 9.93. The summed E-state index contributed by atoms with van der Waals surface area (Å²) in [6.45, 7) is 5.21. The second kappa shape index (κ2) is 4.57. The van der Waals surface area contributed by atoms with Crippen LogP contribution in [0.25, 0.3) is 0 Å². The van der Waals surface area contributed by atoms with Crippen LogP contribution < -0.4 is 5.73 Å². The van der Waals surface area contributed by atoms with Crippen molar-refractivity contribution in [2.75, 3.05) is 6.54 Å². The first-order valence-corrected chi connectivity index (χ1v) is 5.01. The standard InChI is InChI=1S/C10H19N3O/c1-3-13-8-9(7-12-13)6-10(2,14)4-5-11/h7-8,14H,3-6,11H2,1-2H3. The van der Waals surface area contributed by atoms with Crippen molar-refractivity contribution in [3.8, 4) is 0 Å². The SMILES string of the molecule is CCn1cc(CC(C)(O)CCN)cn1. The van der Waals surface area contributed by atoms with E-state index in [9.17, 15) is 5.11 Å². The lowest BCUT2D eigenvalue weighted by Crippen LogP contribution is -2.30. The Labute approximate surface area is 84.7 Å². The number of nitrogens with zero attached hydrogens (tertiary/aromatic N) is 2. The van der Waals surface area contributed by atoms with E-state index in [4.69, 9.17) is 5.73 Å². The van der Waals surface area contributed by atoms with E-state index >= 15 is 0 Å². The van der Waals surface area contributed by atoms with Crippen LogP contribution in [0.3, 0.4) is 0 Å². The zero-order valence-electron chi connectivity index (χ0n) is 8.90. The Morgan fingerprint density at radius 3 is 2.86 bits per heavy atom. The fourth-order valence-corrected chi connectivity index (χ4v) is 1.51. The summed E-state index contributed by atoms with van der Waals surface area (Å²) in [5.74, 6) is 0. The molecule has 1 aromatic heterocycles. The third-order valence-electron chi connectivity index (χ3n) is 2.28. The Morgan fingerprint density at radius 1 is 1.64 bits per heavy atom. The Kier molecular flexibility index (Phi) is 3.66. The summed E-state index contributed by atoms with van der Waals surface area (Å²) in [6.07, 6.45) is 4.99. The molecule has 0 bridgehead atoms. The van der Waals surface area contributed by atoms with Gasteiger partial charge in [0.2, 0.25) is 0 Å². The normalized spacial score (nSPS) is 15.4. The lowest BCUT2D eigenvalue weighted by Gasteiger charge is -2.21. The molecule has 0 spiro atoms. The molecule has 0 saturated heterocycles. The highest BCUT2D eigenvalue weighted by Gasteiger charge is 2.20. The number of aliphatic hydroxyl groups is 1. The first kappa shape index (κ1) is 11.2. The minimum atomic E-state index is -0.712. The summed E-state index contributed by atoms with van der Waals surface area (Å²) in [4.78, 5) is 0. The van der Waals surface area contributed by atoms with E-state index in [0.717, 1.165) is 12.1 Å². The predicted molar refractivity (Wildman–Crippen MR) is 55.9 cm³/mol. The summed E-state index contributed by atoms with van der Waals surface area (Å²) in [7, 11) is 0. The maximum absolute atomic E-state index is 9.93. The lowest BCUT2D eigenvalue weighted by atomic mass is 9.95. The third-order valence-corrected chi connectivity index (χ3v) is 2.28. The molecular weight excluding hydrogens is 178 g/mol. The van der Waals surface area contributed by atoms with Crippen molar-refractivity contribution < 1.29 is 5.11 Å². The Hall–Kier alpha value is -0.870. The van der Waals surface area contributed by atoms with Crippen molar-refractivity contribution in [3.05, 3.63) is 18.0 Å². The first-order valence-electron chi connectivity index (χ1n) is 5.01. The van der Waals surface area contributed by atoms with Gasteiger partial charge in [0.05, 0.1) is 11.8 Å². The molecule has 14 heavy (non-hydrogen) atoms. The Morgan fingerprint density at radius 2 is 2.36 bits per heavy atom. The monoisotopic (exact) mass is 197 g/mol. The van der Waals surface area contributed by atoms with Gasteiger partial charge in [-0.1, -0.05) is 0 Å². The Bertz CT molecular complexity index is 281. The van der Waals surface area contributed by atoms with Crippen molar-refractivity contribution in [2.24, 2.45) is 5.73 Å². The second-order valence-electron chi connectivity index (χ2n) is 3.92. The zero-order chi connectivity index (χ0) is 10.6. The number of aromatic nitrogens is 2. The molecule has 0 aliphatic rings. The molecule has 1 rings (SSSR count). The first-order chi connectivity index (χ1) is 6.57. The van der Waals surface area contributed by atoms with E-state index in [1.54, 1.807) is 6.20 Å². The van der Waals surface area contributed by atoms with Crippen molar-refractivity contribution in [1.29, 1.82) is 0 Å². The van der Waals surface area contributed by atoms with Crippen molar-refractivity contribution >= 4 is 0 Å². The lowest BCUT2D eigenvalue weighted by molar-refractivity contribution is 0.0539. The van der Waals surface area contributed by atoms with Crippen LogP contribution in [0.1, 0.15) is 25.8 Å².